The van der Waals surface area contributed by atoms with Crippen molar-refractivity contribution in [2.24, 2.45) is 5.73 Å². The summed E-state index contributed by atoms with van der Waals surface area (Å²) < 4.78 is 5.06. The smallest absolute Gasteiger partial charge is 0.335 e. The lowest BCUT2D eigenvalue weighted by Gasteiger charge is -2.33. The summed E-state index contributed by atoms with van der Waals surface area (Å²) in [6.07, 6.45) is 3.29. The van der Waals surface area contributed by atoms with E-state index in [0.717, 1.165) is 31.6 Å². The highest BCUT2D eigenvalue weighted by Crippen LogP contribution is 2.39. The summed E-state index contributed by atoms with van der Waals surface area (Å²) in [5.74, 6) is -4.25. The number of methoxy groups -OCH3 is 1. The Morgan fingerprint density at radius 3 is 2.17 bits per heavy atom. The third-order valence-electron chi connectivity index (χ3n) is 5.58. The number of carbonyl (C=O) groups is 3. The Labute approximate surface area is 175 Å². The number of carboxylic acids is 1. The zero-order chi connectivity index (χ0) is 21.7. The third kappa shape index (κ3) is 4.45. The number of benzene rings is 2. The van der Waals surface area contributed by atoms with E-state index in [0.29, 0.717) is 11.1 Å². The Hall–Kier alpha value is -3.35. The Morgan fingerprint density at radius 2 is 1.60 bits per heavy atom. The van der Waals surface area contributed by atoms with Crippen molar-refractivity contribution in [1.82, 2.24) is 0 Å². The first-order valence-corrected chi connectivity index (χ1v) is 9.98. The lowest BCUT2D eigenvalue weighted by molar-refractivity contribution is -0.144. The van der Waals surface area contributed by atoms with E-state index in [1.165, 1.54) is 37.8 Å². The summed E-state index contributed by atoms with van der Waals surface area (Å²) in [6.45, 7) is 1.75. The molecule has 1 saturated heterocycles. The minimum Gasteiger partial charge on any atom is -0.478 e. The number of amides is 1. The molecule has 3 rings (SSSR count). The number of anilines is 1. The van der Waals surface area contributed by atoms with Crippen molar-refractivity contribution in [3.05, 3.63) is 65.2 Å². The quantitative estimate of drug-likeness (QED) is 0.679. The molecule has 1 fully saturated rings. The monoisotopic (exact) mass is 410 g/mol. The Bertz CT molecular complexity index is 919. The highest BCUT2D eigenvalue weighted by Gasteiger charge is 2.38. The number of nitrogens with zero attached hydrogens (tertiary/aromatic N) is 1. The van der Waals surface area contributed by atoms with Gasteiger partial charge in [0.15, 0.2) is 0 Å². The molecule has 158 valence electrons. The van der Waals surface area contributed by atoms with Gasteiger partial charge in [-0.15, -0.1) is 0 Å². The van der Waals surface area contributed by atoms with Gasteiger partial charge in [-0.25, -0.2) is 4.79 Å². The number of nitrogens with two attached hydrogens (primary N) is 1. The van der Waals surface area contributed by atoms with Crippen molar-refractivity contribution in [1.29, 1.82) is 0 Å². The molecule has 2 aromatic carbocycles. The molecule has 1 aliphatic rings. The minimum absolute atomic E-state index is 0.0882. The maximum Gasteiger partial charge on any atom is 0.335 e. The average Bonchev–Trinajstić information content (AvgIpc) is 2.77. The Balaban J connectivity index is 2.09. The zero-order valence-corrected chi connectivity index (χ0v) is 16.9. The normalized spacial score (nSPS) is 15.8. The maximum atomic E-state index is 12.9. The molecule has 0 aromatic heterocycles. The van der Waals surface area contributed by atoms with Crippen LogP contribution in [0.4, 0.5) is 5.69 Å². The van der Waals surface area contributed by atoms with Gasteiger partial charge in [-0.05, 0) is 48.6 Å². The van der Waals surface area contributed by atoms with Crippen LogP contribution in [-0.2, 0) is 14.3 Å². The number of para-hydroxylation sites is 1. The fourth-order valence-electron chi connectivity index (χ4n) is 4.10. The van der Waals surface area contributed by atoms with E-state index in [1.807, 2.05) is 24.3 Å². The molecule has 1 aliphatic heterocycles. The van der Waals surface area contributed by atoms with E-state index in [1.54, 1.807) is 0 Å². The van der Waals surface area contributed by atoms with Crippen molar-refractivity contribution < 1.29 is 24.2 Å². The Morgan fingerprint density at radius 1 is 0.967 bits per heavy atom. The highest BCUT2D eigenvalue weighted by molar-refractivity contribution is 5.93. The van der Waals surface area contributed by atoms with E-state index in [4.69, 9.17) is 15.6 Å². The molecule has 0 radical (unpaired) electrons. The molecule has 2 aromatic rings. The molecule has 2 atom stereocenters. The summed E-state index contributed by atoms with van der Waals surface area (Å²) in [6, 6.07) is 13.4. The van der Waals surface area contributed by atoms with Crippen molar-refractivity contribution in [2.45, 2.75) is 31.1 Å². The molecule has 2 unspecified atom stereocenters. The second kappa shape index (κ2) is 9.43. The molecule has 3 N–H and O–H groups in total. The predicted molar refractivity (Wildman–Crippen MR) is 113 cm³/mol. The second-order valence-electron chi connectivity index (χ2n) is 7.41. The first kappa shape index (κ1) is 21.4. The van der Waals surface area contributed by atoms with Crippen LogP contribution in [0, 0.1) is 0 Å². The van der Waals surface area contributed by atoms with Crippen LogP contribution in [0.2, 0.25) is 0 Å². The van der Waals surface area contributed by atoms with Crippen LogP contribution in [0.25, 0.3) is 0 Å². The summed E-state index contributed by atoms with van der Waals surface area (Å²) in [5, 5.41) is 9.15. The van der Waals surface area contributed by atoms with E-state index in [-0.39, 0.29) is 5.56 Å². The van der Waals surface area contributed by atoms with Crippen LogP contribution >= 0.6 is 0 Å². The van der Waals surface area contributed by atoms with Gasteiger partial charge in [0.05, 0.1) is 24.5 Å². The summed E-state index contributed by atoms with van der Waals surface area (Å²) in [4.78, 5) is 38.8. The number of carbonyl (C=O) groups excluding carboxylic acids is 2. The summed E-state index contributed by atoms with van der Waals surface area (Å²) in [5.41, 5.74) is 7.87. The fourth-order valence-corrected chi connectivity index (χ4v) is 4.10. The molecule has 0 saturated carbocycles. The van der Waals surface area contributed by atoms with Gasteiger partial charge in [0.2, 0.25) is 5.91 Å². The van der Waals surface area contributed by atoms with E-state index >= 15 is 0 Å². The SMILES string of the molecule is COC(=O)C(c1ccccc1N1CCCCC1)C(C(N)=O)c1ccc(C(=O)O)cc1. The molecule has 0 aliphatic carbocycles. The van der Waals surface area contributed by atoms with Gasteiger partial charge < -0.3 is 20.5 Å². The molecule has 1 heterocycles. The molecular formula is C23H26N2O5. The number of piperidine rings is 1. The van der Waals surface area contributed by atoms with Crippen LogP contribution in [0.15, 0.2) is 48.5 Å². The van der Waals surface area contributed by atoms with Crippen molar-refractivity contribution in [3.8, 4) is 0 Å². The van der Waals surface area contributed by atoms with Crippen LogP contribution in [-0.4, -0.2) is 43.2 Å². The van der Waals surface area contributed by atoms with Gasteiger partial charge >= 0.3 is 11.9 Å². The van der Waals surface area contributed by atoms with Crippen LogP contribution in [0.3, 0.4) is 0 Å². The average molecular weight is 410 g/mol. The van der Waals surface area contributed by atoms with Gasteiger partial charge in [0.25, 0.3) is 0 Å². The van der Waals surface area contributed by atoms with Crippen LogP contribution in [0.5, 0.6) is 0 Å². The lowest BCUT2D eigenvalue weighted by atomic mass is 9.79. The second-order valence-corrected chi connectivity index (χ2v) is 7.41. The number of carboxylic acid groups (broad SMARTS) is 1. The summed E-state index contributed by atoms with van der Waals surface area (Å²) in [7, 11) is 1.28. The molecular weight excluding hydrogens is 384 g/mol. The van der Waals surface area contributed by atoms with E-state index < -0.39 is 29.7 Å². The number of hydrogen-bond acceptors (Lipinski definition) is 5. The van der Waals surface area contributed by atoms with Gasteiger partial charge in [0.1, 0.15) is 0 Å². The summed E-state index contributed by atoms with van der Waals surface area (Å²) >= 11 is 0. The van der Waals surface area contributed by atoms with Crippen LogP contribution < -0.4 is 10.6 Å². The topological polar surface area (TPSA) is 110 Å². The number of ether oxygens (including phenoxy) is 1. The molecule has 1 amide bonds. The number of rotatable bonds is 7. The van der Waals surface area contributed by atoms with Gasteiger partial charge in [-0.3, -0.25) is 9.59 Å². The largest absolute Gasteiger partial charge is 0.478 e. The van der Waals surface area contributed by atoms with Gasteiger partial charge in [0, 0.05) is 18.8 Å². The highest BCUT2D eigenvalue weighted by atomic mass is 16.5. The number of hydrogen-bond donors (Lipinski definition) is 2. The lowest BCUT2D eigenvalue weighted by Crippen LogP contribution is -2.35. The minimum atomic E-state index is -1.07. The van der Waals surface area contributed by atoms with Gasteiger partial charge in [-0.2, -0.15) is 0 Å². The van der Waals surface area contributed by atoms with E-state index in [9.17, 15) is 14.4 Å². The standard InChI is InChI=1S/C23H26N2O5/c1-30-23(29)20(17-7-3-4-8-18(17)25-13-5-2-6-14-25)19(21(24)26)15-9-11-16(12-10-15)22(27)28/h3-4,7-12,19-20H,2,5-6,13-14H2,1H3,(H2,24,26)(H,27,28). The molecule has 7 nitrogen and oxygen atoms in total. The molecule has 0 spiro atoms. The molecule has 30 heavy (non-hydrogen) atoms. The predicted octanol–water partition coefficient (Wildman–Crippen LogP) is 2.90. The van der Waals surface area contributed by atoms with Gasteiger partial charge in [-0.1, -0.05) is 30.3 Å². The molecule has 0 bridgehead atoms. The first-order valence-electron chi connectivity index (χ1n) is 9.98. The third-order valence-corrected chi connectivity index (χ3v) is 5.58. The Kier molecular flexibility index (Phi) is 6.72. The number of esters is 1. The number of aromatic carboxylic acids is 1. The maximum absolute atomic E-state index is 12.9. The van der Waals surface area contributed by atoms with Crippen molar-refractivity contribution in [2.75, 3.05) is 25.1 Å². The number of primary amides is 1. The van der Waals surface area contributed by atoms with Crippen molar-refractivity contribution >= 4 is 23.5 Å². The fraction of sp³-hybridized carbons (Fsp3) is 0.348. The first-order chi connectivity index (χ1) is 14.4. The van der Waals surface area contributed by atoms with E-state index in [2.05, 4.69) is 4.90 Å². The molecule has 7 heteroatoms. The zero-order valence-electron chi connectivity index (χ0n) is 16.9. The van der Waals surface area contributed by atoms with Crippen LogP contribution in [0.1, 0.15) is 52.6 Å². The van der Waals surface area contributed by atoms with Crippen molar-refractivity contribution in [3.63, 3.8) is 0 Å².